The van der Waals surface area contributed by atoms with Crippen LogP contribution in [0.5, 0.6) is 0 Å². The monoisotopic (exact) mass is 229 g/mol. The fraction of sp³-hybridized carbons (Fsp3) is 0.385. The Morgan fingerprint density at radius 2 is 2.18 bits per heavy atom. The number of rotatable bonds is 1. The zero-order valence-electron chi connectivity index (χ0n) is 9.31. The molecule has 0 amide bonds. The molecule has 17 heavy (non-hydrogen) atoms. The van der Waals surface area contributed by atoms with Crippen LogP contribution in [-0.4, -0.2) is 14.5 Å². The van der Waals surface area contributed by atoms with Crippen LogP contribution in [0.25, 0.3) is 11.4 Å². The van der Waals surface area contributed by atoms with E-state index in [1.165, 1.54) is 37.4 Å². The molecule has 1 aliphatic heterocycles. The van der Waals surface area contributed by atoms with Gasteiger partial charge in [-0.25, -0.2) is 9.37 Å². The fourth-order valence-electron chi connectivity index (χ4n) is 3.10. The van der Waals surface area contributed by atoms with Crippen LogP contribution in [0.1, 0.15) is 37.0 Å². The van der Waals surface area contributed by atoms with Crippen molar-refractivity contribution in [1.82, 2.24) is 14.5 Å². The minimum absolute atomic E-state index is 0.305. The molecule has 0 spiro atoms. The summed E-state index contributed by atoms with van der Waals surface area (Å²) in [5.74, 6) is 1.53. The summed E-state index contributed by atoms with van der Waals surface area (Å²) in [6.45, 7) is 0. The summed E-state index contributed by atoms with van der Waals surface area (Å²) < 4.78 is 15.1. The summed E-state index contributed by atoms with van der Waals surface area (Å²) in [6, 6.07) is 3.76. The molecule has 86 valence electrons. The van der Waals surface area contributed by atoms with Gasteiger partial charge in [0.25, 0.3) is 0 Å². The molecule has 2 aliphatic rings. The summed E-state index contributed by atoms with van der Waals surface area (Å²) in [6.07, 6.45) is 7.09. The third-order valence-corrected chi connectivity index (χ3v) is 3.91. The van der Waals surface area contributed by atoms with Gasteiger partial charge in [0.2, 0.25) is 0 Å². The van der Waals surface area contributed by atoms with Gasteiger partial charge < -0.3 is 4.57 Å². The Labute approximate surface area is 98.3 Å². The number of halogens is 1. The molecular weight excluding hydrogens is 217 g/mol. The van der Waals surface area contributed by atoms with Crippen molar-refractivity contribution < 1.29 is 4.39 Å². The van der Waals surface area contributed by atoms with Gasteiger partial charge in [0.15, 0.2) is 0 Å². The van der Waals surface area contributed by atoms with E-state index in [1.807, 2.05) is 0 Å². The van der Waals surface area contributed by atoms with Crippen molar-refractivity contribution in [3.8, 4) is 11.4 Å². The molecule has 1 aliphatic carbocycles. The van der Waals surface area contributed by atoms with Crippen molar-refractivity contribution in [3.05, 3.63) is 36.2 Å². The quantitative estimate of drug-likeness (QED) is 0.752. The molecule has 0 radical (unpaired) electrons. The number of nitrogens with zero attached hydrogens (tertiary/aromatic N) is 3. The first-order chi connectivity index (χ1) is 8.31. The van der Waals surface area contributed by atoms with Gasteiger partial charge >= 0.3 is 0 Å². The lowest BCUT2D eigenvalue weighted by molar-refractivity contribution is 0.526. The smallest absolute Gasteiger partial charge is 0.141 e. The van der Waals surface area contributed by atoms with Crippen molar-refractivity contribution in [2.75, 3.05) is 0 Å². The number of hydrogen-bond donors (Lipinski definition) is 0. The molecule has 1 saturated carbocycles. The Hall–Kier alpha value is -1.71. The van der Waals surface area contributed by atoms with Gasteiger partial charge in [-0.05, 0) is 31.4 Å². The molecule has 4 heteroatoms. The lowest BCUT2D eigenvalue weighted by Gasteiger charge is -2.11. The maximum absolute atomic E-state index is 12.8. The molecule has 0 aromatic carbocycles. The number of pyridine rings is 1. The van der Waals surface area contributed by atoms with E-state index in [1.54, 1.807) is 6.07 Å². The van der Waals surface area contributed by atoms with E-state index >= 15 is 0 Å². The highest BCUT2D eigenvalue weighted by Gasteiger charge is 2.38. The topological polar surface area (TPSA) is 30.7 Å². The predicted octanol–water partition coefficient (Wildman–Crippen LogP) is 2.91. The summed E-state index contributed by atoms with van der Waals surface area (Å²) in [4.78, 5) is 8.73. The number of fused-ring (bicyclic) bond motifs is 5. The van der Waals surface area contributed by atoms with Crippen molar-refractivity contribution in [2.45, 2.75) is 31.2 Å². The molecule has 2 bridgehead atoms. The van der Waals surface area contributed by atoms with E-state index in [2.05, 4.69) is 20.7 Å². The van der Waals surface area contributed by atoms with Crippen LogP contribution in [0, 0.1) is 5.82 Å². The van der Waals surface area contributed by atoms with Gasteiger partial charge in [-0.1, -0.05) is 0 Å². The molecule has 0 N–H and O–H groups in total. The van der Waals surface area contributed by atoms with E-state index in [4.69, 9.17) is 0 Å². The van der Waals surface area contributed by atoms with E-state index in [0.717, 1.165) is 11.4 Å². The van der Waals surface area contributed by atoms with Crippen LogP contribution in [0.3, 0.4) is 0 Å². The fourth-order valence-corrected chi connectivity index (χ4v) is 3.10. The first kappa shape index (κ1) is 9.33. The predicted molar refractivity (Wildman–Crippen MR) is 61.0 cm³/mol. The Balaban J connectivity index is 1.79. The Morgan fingerprint density at radius 3 is 2.94 bits per heavy atom. The Morgan fingerprint density at radius 1 is 1.24 bits per heavy atom. The average Bonchev–Trinajstić information content (AvgIpc) is 3.02. The molecule has 0 unspecified atom stereocenters. The molecular formula is C13H12FN3. The van der Waals surface area contributed by atoms with Gasteiger partial charge in [-0.15, -0.1) is 0 Å². The molecule has 2 atom stereocenters. The lowest BCUT2D eigenvalue weighted by Crippen LogP contribution is -2.04. The van der Waals surface area contributed by atoms with Gasteiger partial charge in [0, 0.05) is 18.2 Å². The van der Waals surface area contributed by atoms with Crippen LogP contribution in [0.2, 0.25) is 0 Å². The molecule has 3 nitrogen and oxygen atoms in total. The Kier molecular flexibility index (Phi) is 1.73. The van der Waals surface area contributed by atoms with Crippen LogP contribution >= 0.6 is 0 Å². The standard InChI is InChI=1S/C13H12FN3/c14-9-2-4-11(15-6-9)12-7-17-10-3-1-8(5-10)13(17)16-12/h2,4,6-8,10H,1,3,5H2/t8-,10+/m1/s1. The molecule has 3 heterocycles. The summed E-state index contributed by atoms with van der Waals surface area (Å²) in [5, 5.41) is 0. The van der Waals surface area contributed by atoms with E-state index in [-0.39, 0.29) is 5.82 Å². The van der Waals surface area contributed by atoms with Crippen molar-refractivity contribution in [1.29, 1.82) is 0 Å². The second-order valence-electron chi connectivity index (χ2n) is 4.92. The number of hydrogen-bond acceptors (Lipinski definition) is 2. The molecule has 4 rings (SSSR count). The molecule has 2 aromatic heterocycles. The van der Waals surface area contributed by atoms with Crippen LogP contribution in [0.4, 0.5) is 4.39 Å². The summed E-state index contributed by atoms with van der Waals surface area (Å²) >= 11 is 0. The number of imidazole rings is 1. The molecule has 1 fully saturated rings. The summed E-state index contributed by atoms with van der Waals surface area (Å²) in [7, 11) is 0. The van der Waals surface area contributed by atoms with Crippen LogP contribution < -0.4 is 0 Å². The van der Waals surface area contributed by atoms with Crippen LogP contribution in [0.15, 0.2) is 24.5 Å². The second kappa shape index (κ2) is 3.15. The highest BCUT2D eigenvalue weighted by Crippen LogP contribution is 2.48. The van der Waals surface area contributed by atoms with Gasteiger partial charge in [0.05, 0.1) is 11.9 Å². The van der Waals surface area contributed by atoms with Gasteiger partial charge in [-0.3, -0.25) is 4.98 Å². The first-order valence-corrected chi connectivity index (χ1v) is 6.02. The lowest BCUT2D eigenvalue weighted by atomic mass is 10.1. The Bertz CT molecular complexity index is 545. The maximum Gasteiger partial charge on any atom is 0.141 e. The van der Waals surface area contributed by atoms with Crippen molar-refractivity contribution >= 4 is 0 Å². The van der Waals surface area contributed by atoms with Gasteiger partial charge in [0.1, 0.15) is 17.3 Å². The summed E-state index contributed by atoms with van der Waals surface area (Å²) in [5.41, 5.74) is 1.63. The largest absolute Gasteiger partial charge is 0.331 e. The molecule has 0 saturated heterocycles. The zero-order chi connectivity index (χ0) is 11.4. The van der Waals surface area contributed by atoms with Crippen LogP contribution in [-0.2, 0) is 0 Å². The highest BCUT2D eigenvalue weighted by atomic mass is 19.1. The van der Waals surface area contributed by atoms with Crippen molar-refractivity contribution in [2.24, 2.45) is 0 Å². The minimum atomic E-state index is -0.305. The second-order valence-corrected chi connectivity index (χ2v) is 4.92. The first-order valence-electron chi connectivity index (χ1n) is 6.02. The average molecular weight is 229 g/mol. The maximum atomic E-state index is 12.8. The number of aromatic nitrogens is 3. The van der Waals surface area contributed by atoms with E-state index in [0.29, 0.717) is 12.0 Å². The third kappa shape index (κ3) is 1.27. The molecule has 2 aromatic rings. The SMILES string of the molecule is Fc1ccc(-c2cn3c(n2)[C@@H]2CC[C@H]3C2)nc1. The van der Waals surface area contributed by atoms with Gasteiger partial charge in [-0.2, -0.15) is 0 Å². The zero-order valence-corrected chi connectivity index (χ0v) is 9.31. The van der Waals surface area contributed by atoms with Crippen molar-refractivity contribution in [3.63, 3.8) is 0 Å². The minimum Gasteiger partial charge on any atom is -0.331 e. The normalized spacial score (nSPS) is 25.2. The van der Waals surface area contributed by atoms with E-state index < -0.39 is 0 Å². The van der Waals surface area contributed by atoms with E-state index in [9.17, 15) is 4.39 Å². The highest BCUT2D eigenvalue weighted by molar-refractivity contribution is 5.53. The third-order valence-electron chi connectivity index (χ3n) is 3.91.